The molecule has 0 spiro atoms. The number of para-hydroxylation sites is 1. The number of hydrogen-bond acceptors (Lipinski definition) is 4. The highest BCUT2D eigenvalue weighted by Crippen LogP contribution is 2.21. The summed E-state index contributed by atoms with van der Waals surface area (Å²) in [5.41, 5.74) is 3.17. The average Bonchev–Trinajstić information content (AvgIpc) is 3.22. The second-order valence-electron chi connectivity index (χ2n) is 5.75. The van der Waals surface area contributed by atoms with Gasteiger partial charge in [0.25, 0.3) is 0 Å². The fraction of sp³-hybridized carbons (Fsp3) is 0.0500. The molecule has 26 heavy (non-hydrogen) atoms. The number of nitrogens with zero attached hydrogens (tertiary/aromatic N) is 2. The molecule has 0 saturated carbocycles. The van der Waals surface area contributed by atoms with Crippen molar-refractivity contribution >= 4 is 22.6 Å². The summed E-state index contributed by atoms with van der Waals surface area (Å²) in [4.78, 5) is 20.8. The van der Waals surface area contributed by atoms with Crippen LogP contribution in [-0.4, -0.2) is 16.0 Å². The van der Waals surface area contributed by atoms with Crippen LogP contribution in [0.15, 0.2) is 77.8 Å². The number of fused-ring (bicyclic) bond motifs is 1. The van der Waals surface area contributed by atoms with Crippen molar-refractivity contribution < 1.29 is 9.21 Å². The number of urea groups is 1. The molecule has 0 atom stereocenters. The fourth-order valence-corrected chi connectivity index (χ4v) is 2.72. The monoisotopic (exact) mass is 344 g/mol. The number of amides is 2. The van der Waals surface area contributed by atoms with Crippen LogP contribution in [0.25, 0.3) is 22.2 Å². The van der Waals surface area contributed by atoms with Gasteiger partial charge in [-0.05, 0) is 35.9 Å². The maximum absolute atomic E-state index is 12.3. The Labute approximate surface area is 149 Å². The Kier molecular flexibility index (Phi) is 4.30. The minimum Gasteiger partial charge on any atom is -0.464 e. The van der Waals surface area contributed by atoms with Gasteiger partial charge >= 0.3 is 6.03 Å². The average molecular weight is 344 g/mol. The molecule has 0 aliphatic carbocycles. The van der Waals surface area contributed by atoms with Crippen LogP contribution in [0.2, 0.25) is 0 Å². The zero-order valence-corrected chi connectivity index (χ0v) is 13.8. The van der Waals surface area contributed by atoms with Gasteiger partial charge in [0.2, 0.25) is 0 Å². The van der Waals surface area contributed by atoms with Crippen molar-refractivity contribution in [2.24, 2.45) is 0 Å². The topological polar surface area (TPSA) is 80.0 Å². The normalized spacial score (nSPS) is 10.6. The van der Waals surface area contributed by atoms with Gasteiger partial charge in [0, 0.05) is 36.1 Å². The number of carbonyl (C=O) groups excluding carboxylic acids is 1. The first-order valence-electron chi connectivity index (χ1n) is 8.16. The first-order valence-corrected chi connectivity index (χ1v) is 8.16. The molecule has 0 saturated heterocycles. The molecule has 6 nitrogen and oxygen atoms in total. The lowest BCUT2D eigenvalue weighted by molar-refractivity contribution is 0.252. The maximum Gasteiger partial charge on any atom is 0.319 e. The quantitative estimate of drug-likeness (QED) is 0.581. The van der Waals surface area contributed by atoms with Gasteiger partial charge in [0.05, 0.1) is 17.5 Å². The molecule has 4 rings (SSSR count). The van der Waals surface area contributed by atoms with Gasteiger partial charge in [-0.3, -0.25) is 9.97 Å². The number of rotatable bonds is 4. The molecular formula is C20H16N4O2. The summed E-state index contributed by atoms with van der Waals surface area (Å²) in [6.45, 7) is 0.353. The third-order valence-corrected chi connectivity index (χ3v) is 3.93. The number of anilines is 1. The molecule has 0 radical (unpaired) electrons. The van der Waals surface area contributed by atoms with Gasteiger partial charge in [-0.15, -0.1) is 0 Å². The number of benzene rings is 1. The van der Waals surface area contributed by atoms with E-state index < -0.39 is 0 Å². The van der Waals surface area contributed by atoms with E-state index in [4.69, 9.17) is 4.42 Å². The highest BCUT2D eigenvalue weighted by molar-refractivity contribution is 5.99. The van der Waals surface area contributed by atoms with Crippen molar-refractivity contribution in [2.75, 3.05) is 5.32 Å². The van der Waals surface area contributed by atoms with Crippen molar-refractivity contribution in [3.05, 3.63) is 78.9 Å². The van der Waals surface area contributed by atoms with Gasteiger partial charge < -0.3 is 15.1 Å². The molecule has 0 unspecified atom stereocenters. The Morgan fingerprint density at radius 1 is 1.08 bits per heavy atom. The maximum atomic E-state index is 12.3. The van der Waals surface area contributed by atoms with Crippen LogP contribution in [0, 0.1) is 0 Å². The number of aromatic nitrogens is 2. The number of furan rings is 1. The van der Waals surface area contributed by atoms with Crippen LogP contribution >= 0.6 is 0 Å². The molecule has 0 aliphatic rings. The molecule has 4 aromatic rings. The third kappa shape index (κ3) is 3.39. The largest absolute Gasteiger partial charge is 0.464 e. The van der Waals surface area contributed by atoms with Crippen LogP contribution in [0.4, 0.5) is 10.5 Å². The second kappa shape index (κ2) is 7.06. The standard InChI is InChI=1S/C20H16N4O2/c25-20(24-17-6-1-4-15-5-2-8-22-19(15)17)23-12-14-10-16(13-21-11-14)18-7-3-9-26-18/h1-11,13H,12H2,(H2,23,24,25). The van der Waals surface area contributed by atoms with Crippen molar-refractivity contribution in [3.63, 3.8) is 0 Å². The van der Waals surface area contributed by atoms with E-state index in [0.717, 1.165) is 27.8 Å². The fourth-order valence-electron chi connectivity index (χ4n) is 2.72. The van der Waals surface area contributed by atoms with E-state index in [2.05, 4.69) is 20.6 Å². The predicted octanol–water partition coefficient (Wildman–Crippen LogP) is 4.21. The summed E-state index contributed by atoms with van der Waals surface area (Å²) in [5.74, 6) is 0.741. The summed E-state index contributed by atoms with van der Waals surface area (Å²) in [6, 6.07) is 14.8. The molecule has 3 aromatic heterocycles. The zero-order chi connectivity index (χ0) is 17.8. The summed E-state index contributed by atoms with van der Waals surface area (Å²) < 4.78 is 5.37. The number of nitrogens with one attached hydrogen (secondary N) is 2. The molecule has 6 heteroatoms. The van der Waals surface area contributed by atoms with Crippen molar-refractivity contribution in [1.82, 2.24) is 15.3 Å². The van der Waals surface area contributed by atoms with E-state index in [-0.39, 0.29) is 6.03 Å². The van der Waals surface area contributed by atoms with Gasteiger partial charge in [0.15, 0.2) is 0 Å². The SMILES string of the molecule is O=C(NCc1cncc(-c2ccco2)c1)Nc1cccc2cccnc12. The third-order valence-electron chi connectivity index (χ3n) is 3.93. The van der Waals surface area contributed by atoms with Crippen LogP contribution in [0.3, 0.4) is 0 Å². The number of hydrogen-bond donors (Lipinski definition) is 2. The predicted molar refractivity (Wildman–Crippen MR) is 99.5 cm³/mol. The number of pyridine rings is 2. The second-order valence-corrected chi connectivity index (χ2v) is 5.75. The zero-order valence-electron chi connectivity index (χ0n) is 13.8. The van der Waals surface area contributed by atoms with Crippen LogP contribution < -0.4 is 10.6 Å². The summed E-state index contributed by atoms with van der Waals surface area (Å²) in [7, 11) is 0. The molecule has 128 valence electrons. The lowest BCUT2D eigenvalue weighted by Crippen LogP contribution is -2.28. The van der Waals surface area contributed by atoms with E-state index in [1.807, 2.05) is 48.5 Å². The smallest absolute Gasteiger partial charge is 0.319 e. The van der Waals surface area contributed by atoms with Crippen molar-refractivity contribution in [2.45, 2.75) is 6.54 Å². The van der Waals surface area contributed by atoms with Crippen LogP contribution in [0.1, 0.15) is 5.56 Å². The van der Waals surface area contributed by atoms with Crippen molar-refractivity contribution in [1.29, 1.82) is 0 Å². The first-order chi connectivity index (χ1) is 12.8. The molecule has 3 heterocycles. The minimum atomic E-state index is -0.299. The Hall–Kier alpha value is -3.67. The van der Waals surface area contributed by atoms with Gasteiger partial charge in [-0.2, -0.15) is 0 Å². The molecule has 1 aromatic carbocycles. The van der Waals surface area contributed by atoms with Crippen LogP contribution in [-0.2, 0) is 6.54 Å². The Morgan fingerprint density at radius 3 is 2.88 bits per heavy atom. The molecule has 0 bridgehead atoms. The van der Waals surface area contributed by atoms with E-state index in [1.54, 1.807) is 24.9 Å². The minimum absolute atomic E-state index is 0.299. The van der Waals surface area contributed by atoms with Gasteiger partial charge in [-0.1, -0.05) is 18.2 Å². The summed E-state index contributed by atoms with van der Waals surface area (Å²) >= 11 is 0. The molecular weight excluding hydrogens is 328 g/mol. The lowest BCUT2D eigenvalue weighted by Gasteiger charge is -2.10. The number of carbonyl (C=O) groups is 1. The Morgan fingerprint density at radius 2 is 2.00 bits per heavy atom. The summed E-state index contributed by atoms with van der Waals surface area (Å²) in [5, 5.41) is 6.65. The highest BCUT2D eigenvalue weighted by Gasteiger charge is 2.07. The van der Waals surface area contributed by atoms with E-state index in [9.17, 15) is 4.79 Å². The molecule has 2 N–H and O–H groups in total. The molecule has 0 fully saturated rings. The highest BCUT2D eigenvalue weighted by atomic mass is 16.3. The van der Waals surface area contributed by atoms with E-state index in [1.165, 1.54) is 0 Å². The lowest BCUT2D eigenvalue weighted by atomic mass is 10.1. The van der Waals surface area contributed by atoms with Crippen LogP contribution in [0.5, 0.6) is 0 Å². The van der Waals surface area contributed by atoms with Gasteiger partial charge in [-0.25, -0.2) is 4.79 Å². The first kappa shape index (κ1) is 15.8. The molecule has 0 aliphatic heterocycles. The Balaban J connectivity index is 1.43. The van der Waals surface area contributed by atoms with Gasteiger partial charge in [0.1, 0.15) is 5.76 Å². The Bertz CT molecular complexity index is 1040. The van der Waals surface area contributed by atoms with E-state index in [0.29, 0.717) is 12.2 Å². The van der Waals surface area contributed by atoms with Crippen molar-refractivity contribution in [3.8, 4) is 11.3 Å². The summed E-state index contributed by atoms with van der Waals surface area (Å²) in [6.07, 6.45) is 6.76. The molecule has 2 amide bonds. The van der Waals surface area contributed by atoms with E-state index >= 15 is 0 Å².